The Morgan fingerprint density at radius 2 is 2.00 bits per heavy atom. The van der Waals surface area contributed by atoms with Crippen LogP contribution in [0.4, 0.5) is 5.69 Å². The number of benzene rings is 1. The molecular formula is C15H24N2O4. The summed E-state index contributed by atoms with van der Waals surface area (Å²) in [5.74, 6) is 0.577. The molecule has 0 aliphatic carbocycles. The summed E-state index contributed by atoms with van der Waals surface area (Å²) in [4.78, 5) is 21.3. The van der Waals surface area contributed by atoms with Crippen LogP contribution in [0.25, 0.3) is 0 Å². The maximum atomic E-state index is 11.7. The maximum Gasteiger partial charge on any atom is 0.226 e. The minimum atomic E-state index is -0.148. The van der Waals surface area contributed by atoms with E-state index in [4.69, 9.17) is 14.6 Å². The van der Waals surface area contributed by atoms with Gasteiger partial charge in [-0.3, -0.25) is 4.79 Å². The average Bonchev–Trinajstić information content (AvgIpc) is 2.37. The summed E-state index contributed by atoms with van der Waals surface area (Å²) in [5, 5.41) is 2.78. The van der Waals surface area contributed by atoms with E-state index >= 15 is 0 Å². The van der Waals surface area contributed by atoms with Crippen LogP contribution in [0, 0.1) is 0 Å². The van der Waals surface area contributed by atoms with Crippen LogP contribution in [0.15, 0.2) is 24.3 Å². The zero-order valence-electron chi connectivity index (χ0n) is 13.0. The van der Waals surface area contributed by atoms with Gasteiger partial charge < -0.3 is 10.1 Å². The molecule has 0 fully saturated rings. The first-order chi connectivity index (χ1) is 9.97. The lowest BCUT2D eigenvalue weighted by molar-refractivity contribution is -0.340. The second-order valence-electron chi connectivity index (χ2n) is 5.17. The Morgan fingerprint density at radius 3 is 2.67 bits per heavy atom. The molecule has 1 amide bonds. The topological polar surface area (TPSA) is 68.8 Å². The van der Waals surface area contributed by atoms with Crippen molar-refractivity contribution >= 4 is 11.6 Å². The molecule has 0 spiro atoms. The second-order valence-corrected chi connectivity index (χ2v) is 5.17. The van der Waals surface area contributed by atoms with Gasteiger partial charge in [0, 0.05) is 17.8 Å². The lowest BCUT2D eigenvalue weighted by Crippen LogP contribution is -2.24. The van der Waals surface area contributed by atoms with Crippen LogP contribution in [-0.4, -0.2) is 24.7 Å². The van der Waals surface area contributed by atoms with Gasteiger partial charge in [0.05, 0.1) is 19.1 Å². The Bertz CT molecular complexity index is 435. The molecule has 0 aliphatic rings. The standard InChI is InChI=1S/C15H24N2O4/c1-11(2)17-21-19-9-8-15(18)16-13-6-5-7-14(10-13)20-12(3)4/h5-7,10-12,17H,8-9H2,1-4H3,(H,16,18). The molecule has 1 aromatic carbocycles. The van der Waals surface area contributed by atoms with Gasteiger partial charge in [-0.15, -0.1) is 4.99 Å². The number of ether oxygens (including phenoxy) is 1. The largest absolute Gasteiger partial charge is 0.491 e. The molecule has 6 heteroatoms. The molecule has 1 aromatic rings. The molecular weight excluding hydrogens is 272 g/mol. The number of anilines is 1. The summed E-state index contributed by atoms with van der Waals surface area (Å²) in [6.45, 7) is 7.92. The van der Waals surface area contributed by atoms with Crippen LogP contribution in [0.2, 0.25) is 0 Å². The Morgan fingerprint density at radius 1 is 1.24 bits per heavy atom. The van der Waals surface area contributed by atoms with E-state index in [2.05, 4.69) is 10.8 Å². The molecule has 0 saturated heterocycles. The molecule has 0 saturated carbocycles. The molecule has 0 radical (unpaired) electrons. The quantitative estimate of drug-likeness (QED) is 0.416. The summed E-state index contributed by atoms with van der Waals surface area (Å²) in [6, 6.07) is 7.43. The van der Waals surface area contributed by atoms with E-state index in [9.17, 15) is 4.79 Å². The van der Waals surface area contributed by atoms with E-state index in [1.807, 2.05) is 45.9 Å². The van der Waals surface area contributed by atoms with Gasteiger partial charge in [-0.25, -0.2) is 4.89 Å². The van der Waals surface area contributed by atoms with Crippen LogP contribution in [-0.2, 0) is 14.7 Å². The Balaban J connectivity index is 2.30. The van der Waals surface area contributed by atoms with E-state index < -0.39 is 0 Å². The molecule has 0 aromatic heterocycles. The summed E-state index contributed by atoms with van der Waals surface area (Å²) in [6.07, 6.45) is 0.296. The number of carbonyl (C=O) groups excluding carboxylic acids is 1. The average molecular weight is 296 g/mol. The second kappa shape index (κ2) is 9.33. The summed E-state index contributed by atoms with van der Waals surface area (Å²) in [5.41, 5.74) is 3.32. The smallest absolute Gasteiger partial charge is 0.226 e. The highest BCUT2D eigenvalue weighted by Gasteiger charge is 2.05. The van der Waals surface area contributed by atoms with Crippen molar-refractivity contribution < 1.29 is 19.4 Å². The monoisotopic (exact) mass is 296 g/mol. The number of hydrogen-bond donors (Lipinski definition) is 2. The van der Waals surface area contributed by atoms with Crippen molar-refractivity contribution in [3.63, 3.8) is 0 Å². The van der Waals surface area contributed by atoms with Crippen molar-refractivity contribution in [2.45, 2.75) is 46.3 Å². The van der Waals surface area contributed by atoms with Crippen molar-refractivity contribution in [2.75, 3.05) is 11.9 Å². The molecule has 0 unspecified atom stereocenters. The fourth-order valence-corrected chi connectivity index (χ4v) is 1.45. The van der Waals surface area contributed by atoms with Gasteiger partial charge in [0.2, 0.25) is 5.91 Å². The third-order valence-electron chi connectivity index (χ3n) is 2.24. The molecule has 0 aliphatic heterocycles. The fourth-order valence-electron chi connectivity index (χ4n) is 1.45. The number of hydroxylamine groups is 1. The first kappa shape index (κ1) is 17.4. The van der Waals surface area contributed by atoms with Crippen LogP contribution in [0.3, 0.4) is 0 Å². The van der Waals surface area contributed by atoms with Crippen LogP contribution < -0.4 is 15.5 Å². The third kappa shape index (κ3) is 8.29. The fraction of sp³-hybridized carbons (Fsp3) is 0.533. The molecule has 21 heavy (non-hydrogen) atoms. The van der Waals surface area contributed by atoms with Gasteiger partial charge in [0.15, 0.2) is 0 Å². The highest BCUT2D eigenvalue weighted by atomic mass is 17.3. The highest BCUT2D eigenvalue weighted by molar-refractivity contribution is 5.90. The minimum Gasteiger partial charge on any atom is -0.491 e. The Kier molecular flexibility index (Phi) is 7.74. The van der Waals surface area contributed by atoms with Crippen molar-refractivity contribution in [1.29, 1.82) is 0 Å². The zero-order valence-corrected chi connectivity index (χ0v) is 13.0. The lowest BCUT2D eigenvalue weighted by atomic mass is 10.3. The number of hydrogen-bond acceptors (Lipinski definition) is 5. The van der Waals surface area contributed by atoms with Crippen molar-refractivity contribution in [3.05, 3.63) is 24.3 Å². The van der Waals surface area contributed by atoms with Gasteiger partial charge in [0.1, 0.15) is 5.75 Å². The van der Waals surface area contributed by atoms with Crippen LogP contribution in [0.5, 0.6) is 5.75 Å². The number of amides is 1. The van der Waals surface area contributed by atoms with Gasteiger partial charge in [-0.2, -0.15) is 5.48 Å². The number of rotatable bonds is 9. The first-order valence-electron chi connectivity index (χ1n) is 7.08. The molecule has 118 valence electrons. The summed E-state index contributed by atoms with van der Waals surface area (Å²) >= 11 is 0. The van der Waals surface area contributed by atoms with Gasteiger partial charge in [0.25, 0.3) is 0 Å². The van der Waals surface area contributed by atoms with E-state index in [1.165, 1.54) is 0 Å². The van der Waals surface area contributed by atoms with Crippen molar-refractivity contribution in [1.82, 2.24) is 5.48 Å². The van der Waals surface area contributed by atoms with Crippen LogP contribution >= 0.6 is 0 Å². The number of carbonyl (C=O) groups is 1. The number of nitrogens with one attached hydrogen (secondary N) is 2. The third-order valence-corrected chi connectivity index (χ3v) is 2.24. The van der Waals surface area contributed by atoms with E-state index in [-0.39, 0.29) is 31.1 Å². The molecule has 0 bridgehead atoms. The molecule has 6 nitrogen and oxygen atoms in total. The van der Waals surface area contributed by atoms with Crippen molar-refractivity contribution in [3.8, 4) is 5.75 Å². The lowest BCUT2D eigenvalue weighted by Gasteiger charge is -2.11. The summed E-state index contributed by atoms with van der Waals surface area (Å²) in [7, 11) is 0. The maximum absolute atomic E-state index is 11.7. The Labute approximate surface area is 125 Å². The molecule has 1 rings (SSSR count). The molecule has 2 N–H and O–H groups in total. The van der Waals surface area contributed by atoms with E-state index in [1.54, 1.807) is 6.07 Å². The van der Waals surface area contributed by atoms with E-state index in [0.717, 1.165) is 5.75 Å². The summed E-state index contributed by atoms with van der Waals surface area (Å²) < 4.78 is 5.57. The predicted octanol–water partition coefficient (Wildman–Crippen LogP) is 2.66. The SMILES string of the molecule is CC(C)NOOCCC(=O)Nc1cccc(OC(C)C)c1. The van der Waals surface area contributed by atoms with Gasteiger partial charge in [-0.1, -0.05) is 6.07 Å². The molecule has 0 atom stereocenters. The minimum absolute atomic E-state index is 0.0926. The van der Waals surface area contributed by atoms with Crippen molar-refractivity contribution in [2.24, 2.45) is 0 Å². The normalized spacial score (nSPS) is 11.0. The first-order valence-corrected chi connectivity index (χ1v) is 7.08. The predicted molar refractivity (Wildman–Crippen MR) is 80.8 cm³/mol. The van der Waals surface area contributed by atoms with E-state index in [0.29, 0.717) is 5.69 Å². The van der Waals surface area contributed by atoms with Crippen LogP contribution in [0.1, 0.15) is 34.1 Å². The Hall–Kier alpha value is -1.63. The zero-order chi connectivity index (χ0) is 15.7. The van der Waals surface area contributed by atoms with Gasteiger partial charge >= 0.3 is 0 Å². The van der Waals surface area contributed by atoms with Gasteiger partial charge in [-0.05, 0) is 39.8 Å². The molecule has 0 heterocycles. The highest BCUT2D eigenvalue weighted by Crippen LogP contribution is 2.18.